The number of halogens is 1. The van der Waals surface area contributed by atoms with Crippen LogP contribution in [0.15, 0.2) is 53.4 Å². The Bertz CT molecular complexity index is 1070. The predicted molar refractivity (Wildman–Crippen MR) is 103 cm³/mol. The van der Waals surface area contributed by atoms with E-state index in [0.717, 1.165) is 17.7 Å². The number of sulfonamides is 1. The van der Waals surface area contributed by atoms with Crippen LogP contribution >= 0.6 is 0 Å². The summed E-state index contributed by atoms with van der Waals surface area (Å²) in [7, 11) is -3.99. The molecule has 0 radical (unpaired) electrons. The molecule has 0 N–H and O–H groups in total. The molecule has 0 aromatic heterocycles. The first-order valence-corrected chi connectivity index (χ1v) is 11.0. The summed E-state index contributed by atoms with van der Waals surface area (Å²) in [5.74, 6) is -1.82. The summed E-state index contributed by atoms with van der Waals surface area (Å²) in [6, 6.07) is 11.1. The zero-order chi connectivity index (χ0) is 21.3. The van der Waals surface area contributed by atoms with Crippen LogP contribution in [0.5, 0.6) is 0 Å². The van der Waals surface area contributed by atoms with Crippen LogP contribution in [0.2, 0.25) is 0 Å². The highest BCUT2D eigenvalue weighted by atomic mass is 32.2. The van der Waals surface area contributed by atoms with Gasteiger partial charge in [-0.15, -0.1) is 0 Å². The van der Waals surface area contributed by atoms with Gasteiger partial charge in [0, 0.05) is 13.0 Å². The molecule has 30 heavy (non-hydrogen) atoms. The Morgan fingerprint density at radius 1 is 1.17 bits per heavy atom. The van der Waals surface area contributed by atoms with Gasteiger partial charge in [-0.1, -0.05) is 24.3 Å². The van der Waals surface area contributed by atoms with Crippen molar-refractivity contribution in [2.45, 2.75) is 36.3 Å². The topological polar surface area (TPSA) is 90.0 Å². The summed E-state index contributed by atoms with van der Waals surface area (Å²) in [5, 5.41) is 0. The first-order valence-electron chi connectivity index (χ1n) is 9.57. The van der Waals surface area contributed by atoms with Crippen molar-refractivity contribution in [2.75, 3.05) is 13.2 Å². The Labute approximate surface area is 173 Å². The summed E-state index contributed by atoms with van der Waals surface area (Å²) < 4.78 is 51.1. The Hall–Kier alpha value is -2.78. The van der Waals surface area contributed by atoms with Gasteiger partial charge in [0.2, 0.25) is 16.1 Å². The molecular formula is C21H20FNO6S. The fourth-order valence-electron chi connectivity index (χ4n) is 3.82. The molecule has 2 aliphatic rings. The number of nitrogens with zero attached hydrogens (tertiary/aromatic N) is 1. The van der Waals surface area contributed by atoms with Crippen LogP contribution in [0.25, 0.3) is 0 Å². The first kappa shape index (κ1) is 20.5. The molecule has 4 rings (SSSR count). The summed E-state index contributed by atoms with van der Waals surface area (Å²) in [6.45, 7) is 0.355. The second-order valence-corrected chi connectivity index (χ2v) is 9.06. The molecule has 0 bridgehead atoms. The van der Waals surface area contributed by atoms with Gasteiger partial charge in [0.15, 0.2) is 0 Å². The lowest BCUT2D eigenvalue weighted by molar-refractivity contribution is -0.160. The van der Waals surface area contributed by atoms with E-state index in [-0.39, 0.29) is 30.9 Å². The second-order valence-electron chi connectivity index (χ2n) is 7.17. The third-order valence-electron chi connectivity index (χ3n) is 5.30. The van der Waals surface area contributed by atoms with Crippen LogP contribution in [0.1, 0.15) is 30.0 Å². The van der Waals surface area contributed by atoms with Crippen molar-refractivity contribution in [1.82, 2.24) is 4.31 Å². The monoisotopic (exact) mass is 433 g/mol. The highest BCUT2D eigenvalue weighted by Gasteiger charge is 2.39. The highest BCUT2D eigenvalue weighted by Crippen LogP contribution is 2.36. The molecule has 0 amide bonds. The normalized spacial score (nSPS) is 21.7. The number of cyclic esters (lactones) is 1. The van der Waals surface area contributed by atoms with Gasteiger partial charge in [-0.3, -0.25) is 4.79 Å². The lowest BCUT2D eigenvalue weighted by Crippen LogP contribution is -2.41. The average molecular weight is 433 g/mol. The Morgan fingerprint density at radius 3 is 2.60 bits per heavy atom. The number of esters is 2. The first-order chi connectivity index (χ1) is 14.4. The van der Waals surface area contributed by atoms with Gasteiger partial charge in [0.05, 0.1) is 24.0 Å². The molecular weight excluding hydrogens is 413 g/mol. The van der Waals surface area contributed by atoms with Crippen LogP contribution in [-0.4, -0.2) is 43.9 Å². The number of carbonyl (C=O) groups is 2. The smallest absolute Gasteiger partial charge is 0.347 e. The minimum atomic E-state index is -3.99. The minimum Gasteiger partial charge on any atom is -0.463 e. The van der Waals surface area contributed by atoms with E-state index in [1.165, 1.54) is 16.4 Å². The summed E-state index contributed by atoms with van der Waals surface area (Å²) >= 11 is 0. The fraction of sp³-hybridized carbons (Fsp3) is 0.333. The van der Waals surface area contributed by atoms with Gasteiger partial charge in [-0.2, -0.15) is 4.31 Å². The Kier molecular flexibility index (Phi) is 5.57. The minimum absolute atomic E-state index is 0.0546. The van der Waals surface area contributed by atoms with E-state index in [9.17, 15) is 22.4 Å². The van der Waals surface area contributed by atoms with Crippen molar-refractivity contribution in [1.29, 1.82) is 0 Å². The molecule has 0 aliphatic carbocycles. The number of ether oxygens (including phenoxy) is 2. The van der Waals surface area contributed by atoms with Gasteiger partial charge >= 0.3 is 11.9 Å². The zero-order valence-corrected chi connectivity index (χ0v) is 16.8. The van der Waals surface area contributed by atoms with Crippen LogP contribution in [0.4, 0.5) is 4.39 Å². The van der Waals surface area contributed by atoms with Crippen LogP contribution in [0, 0.1) is 5.82 Å². The number of fused-ring (bicyclic) bond motifs is 1. The molecule has 1 fully saturated rings. The quantitative estimate of drug-likeness (QED) is 0.673. The van der Waals surface area contributed by atoms with E-state index in [0.29, 0.717) is 12.0 Å². The van der Waals surface area contributed by atoms with Crippen LogP contribution < -0.4 is 0 Å². The SMILES string of the molecule is O=C(C[C@@H]1c2ccccc2CCN1S(=O)(=O)c1ccc(F)cc1)O[C@@H]1CCOC1=O. The highest BCUT2D eigenvalue weighted by molar-refractivity contribution is 7.89. The van der Waals surface area contributed by atoms with E-state index >= 15 is 0 Å². The maximum Gasteiger partial charge on any atom is 0.347 e. The van der Waals surface area contributed by atoms with Crippen molar-refractivity contribution in [3.8, 4) is 0 Å². The summed E-state index contributed by atoms with van der Waals surface area (Å²) in [4.78, 5) is 24.1. The van der Waals surface area contributed by atoms with E-state index < -0.39 is 39.9 Å². The maximum atomic E-state index is 13.3. The molecule has 2 atom stereocenters. The van der Waals surface area contributed by atoms with E-state index in [2.05, 4.69) is 0 Å². The van der Waals surface area contributed by atoms with Crippen molar-refractivity contribution in [3.05, 3.63) is 65.5 Å². The maximum absolute atomic E-state index is 13.3. The zero-order valence-electron chi connectivity index (χ0n) is 16.0. The lowest BCUT2D eigenvalue weighted by Gasteiger charge is -2.36. The van der Waals surface area contributed by atoms with E-state index in [4.69, 9.17) is 9.47 Å². The number of carbonyl (C=O) groups excluding carboxylic acids is 2. The largest absolute Gasteiger partial charge is 0.463 e. The number of benzene rings is 2. The van der Waals surface area contributed by atoms with Crippen LogP contribution in [0.3, 0.4) is 0 Å². The molecule has 7 nitrogen and oxygen atoms in total. The Balaban J connectivity index is 1.64. The number of hydrogen-bond acceptors (Lipinski definition) is 6. The molecule has 0 unspecified atom stereocenters. The summed E-state index contributed by atoms with van der Waals surface area (Å²) in [6.07, 6.45) is -0.444. The third kappa shape index (κ3) is 3.95. The molecule has 2 aromatic carbocycles. The van der Waals surface area contributed by atoms with Gasteiger partial charge in [-0.25, -0.2) is 17.6 Å². The lowest BCUT2D eigenvalue weighted by atomic mass is 9.92. The van der Waals surface area contributed by atoms with E-state index in [1.807, 2.05) is 12.1 Å². The number of rotatable bonds is 5. The van der Waals surface area contributed by atoms with E-state index in [1.54, 1.807) is 12.1 Å². The van der Waals surface area contributed by atoms with Gasteiger partial charge in [0.1, 0.15) is 5.82 Å². The molecule has 0 spiro atoms. The molecule has 2 aromatic rings. The summed E-state index contributed by atoms with van der Waals surface area (Å²) in [5.41, 5.74) is 1.65. The average Bonchev–Trinajstić information content (AvgIpc) is 3.12. The Morgan fingerprint density at radius 2 is 1.90 bits per heavy atom. The second kappa shape index (κ2) is 8.16. The molecule has 2 aliphatic heterocycles. The van der Waals surface area contributed by atoms with Crippen molar-refractivity contribution >= 4 is 22.0 Å². The molecule has 158 valence electrons. The fourth-order valence-corrected chi connectivity index (χ4v) is 5.42. The molecule has 9 heteroatoms. The van der Waals surface area contributed by atoms with Crippen molar-refractivity contribution in [2.24, 2.45) is 0 Å². The predicted octanol–water partition coefficient (Wildman–Crippen LogP) is 2.36. The standard InChI is InChI=1S/C21H20FNO6S/c22-15-5-7-16(8-6-15)30(26,27)23-11-9-14-3-1-2-4-17(14)18(23)13-20(24)29-19-10-12-28-21(19)25/h1-8,18-19H,9-13H2/t18-,19-/m1/s1. The molecule has 2 heterocycles. The van der Waals surface area contributed by atoms with Gasteiger partial charge in [0.25, 0.3) is 0 Å². The number of hydrogen-bond donors (Lipinski definition) is 0. The molecule has 0 saturated carbocycles. The third-order valence-corrected chi connectivity index (χ3v) is 7.23. The van der Waals surface area contributed by atoms with Crippen molar-refractivity contribution < 1.29 is 31.9 Å². The van der Waals surface area contributed by atoms with Crippen molar-refractivity contribution in [3.63, 3.8) is 0 Å². The molecule has 1 saturated heterocycles. The van der Waals surface area contributed by atoms with Gasteiger partial charge in [-0.05, 0) is 41.8 Å². The van der Waals surface area contributed by atoms with Crippen LogP contribution in [-0.2, 0) is 35.5 Å². The van der Waals surface area contributed by atoms with Gasteiger partial charge < -0.3 is 9.47 Å².